The first-order valence-corrected chi connectivity index (χ1v) is 4.28. The highest BCUT2D eigenvalue weighted by molar-refractivity contribution is 5.84. The summed E-state index contributed by atoms with van der Waals surface area (Å²) in [5.41, 5.74) is 0.292. The van der Waals surface area contributed by atoms with Crippen LogP contribution in [-0.2, 0) is 0 Å². The second-order valence-electron chi connectivity index (χ2n) is 3.21. The third-order valence-electron chi connectivity index (χ3n) is 1.80. The predicted octanol–water partition coefficient (Wildman–Crippen LogP) is 1.38. The topological polar surface area (TPSA) is 43.4 Å². The van der Waals surface area contributed by atoms with Crippen LogP contribution in [-0.4, -0.2) is 12.1 Å². The SMILES string of the molecule is CC(C)N(C(=O)[O-])c1cccc(F)c1. The van der Waals surface area contributed by atoms with Crippen LogP contribution in [0.4, 0.5) is 14.9 Å². The molecule has 4 heteroatoms. The number of anilines is 1. The molecule has 0 saturated heterocycles. The van der Waals surface area contributed by atoms with E-state index in [0.29, 0.717) is 5.69 Å². The number of hydrogen-bond acceptors (Lipinski definition) is 2. The van der Waals surface area contributed by atoms with Gasteiger partial charge in [-0.15, -0.1) is 0 Å². The fourth-order valence-electron chi connectivity index (χ4n) is 1.24. The molecule has 0 N–H and O–H groups in total. The van der Waals surface area contributed by atoms with Gasteiger partial charge in [0.15, 0.2) is 0 Å². The predicted molar refractivity (Wildman–Crippen MR) is 49.4 cm³/mol. The quantitative estimate of drug-likeness (QED) is 0.717. The summed E-state index contributed by atoms with van der Waals surface area (Å²) >= 11 is 0. The Morgan fingerprint density at radius 1 is 1.50 bits per heavy atom. The Balaban J connectivity index is 3.05. The van der Waals surface area contributed by atoms with E-state index in [4.69, 9.17) is 0 Å². The monoisotopic (exact) mass is 196 g/mol. The Hall–Kier alpha value is -1.58. The summed E-state index contributed by atoms with van der Waals surface area (Å²) in [4.78, 5) is 11.7. The smallest absolute Gasteiger partial charge is 0.141 e. The molecule has 0 bridgehead atoms. The Morgan fingerprint density at radius 2 is 2.14 bits per heavy atom. The molecule has 0 atom stereocenters. The largest absolute Gasteiger partial charge is 0.530 e. The first kappa shape index (κ1) is 10.5. The van der Waals surface area contributed by atoms with Crippen LogP contribution in [0.25, 0.3) is 0 Å². The van der Waals surface area contributed by atoms with Gasteiger partial charge in [-0.05, 0) is 32.0 Å². The lowest BCUT2D eigenvalue weighted by molar-refractivity contribution is -0.247. The normalized spacial score (nSPS) is 10.3. The molecule has 1 aromatic carbocycles. The van der Waals surface area contributed by atoms with Crippen LogP contribution in [0.15, 0.2) is 24.3 Å². The summed E-state index contributed by atoms with van der Waals surface area (Å²) in [5.74, 6) is -0.464. The van der Waals surface area contributed by atoms with Gasteiger partial charge in [0.2, 0.25) is 0 Å². The average Bonchev–Trinajstić information content (AvgIpc) is 2.02. The van der Waals surface area contributed by atoms with Crippen molar-refractivity contribution in [1.29, 1.82) is 0 Å². The number of carbonyl (C=O) groups is 1. The third-order valence-corrected chi connectivity index (χ3v) is 1.80. The molecular formula is C10H11FNO2-. The third kappa shape index (κ3) is 2.22. The highest BCUT2D eigenvalue weighted by Crippen LogP contribution is 2.17. The van der Waals surface area contributed by atoms with Gasteiger partial charge in [-0.2, -0.15) is 0 Å². The van der Waals surface area contributed by atoms with Crippen molar-refractivity contribution in [2.75, 3.05) is 4.90 Å². The molecule has 0 spiro atoms. The molecule has 0 heterocycles. The highest BCUT2D eigenvalue weighted by Gasteiger charge is 2.11. The molecule has 0 radical (unpaired) electrons. The van der Waals surface area contributed by atoms with Crippen LogP contribution in [0.3, 0.4) is 0 Å². The number of carbonyl (C=O) groups excluding carboxylic acids is 1. The van der Waals surface area contributed by atoms with Gasteiger partial charge in [-0.3, -0.25) is 0 Å². The lowest BCUT2D eigenvalue weighted by Crippen LogP contribution is -2.45. The maximum Gasteiger partial charge on any atom is 0.141 e. The second kappa shape index (κ2) is 4.09. The molecule has 1 aromatic rings. The summed E-state index contributed by atoms with van der Waals surface area (Å²) < 4.78 is 12.8. The molecule has 3 nitrogen and oxygen atoms in total. The zero-order chi connectivity index (χ0) is 10.7. The maximum absolute atomic E-state index is 12.8. The summed E-state index contributed by atoms with van der Waals surface area (Å²) in [6.07, 6.45) is -1.33. The molecule has 0 aliphatic heterocycles. The van der Waals surface area contributed by atoms with Crippen molar-refractivity contribution in [2.45, 2.75) is 19.9 Å². The van der Waals surface area contributed by atoms with E-state index < -0.39 is 11.9 Å². The maximum atomic E-state index is 12.8. The van der Waals surface area contributed by atoms with Crippen LogP contribution in [0.2, 0.25) is 0 Å². The second-order valence-corrected chi connectivity index (χ2v) is 3.21. The van der Waals surface area contributed by atoms with Crippen molar-refractivity contribution in [3.05, 3.63) is 30.1 Å². The lowest BCUT2D eigenvalue weighted by Gasteiger charge is -2.29. The van der Waals surface area contributed by atoms with E-state index in [9.17, 15) is 14.3 Å². The number of carboxylic acid groups (broad SMARTS) is 1. The minimum atomic E-state index is -1.33. The fraction of sp³-hybridized carbons (Fsp3) is 0.300. The van der Waals surface area contributed by atoms with Crippen LogP contribution in [0, 0.1) is 5.82 Å². The Bertz CT molecular complexity index is 339. The summed E-state index contributed by atoms with van der Waals surface area (Å²) in [6.45, 7) is 3.39. The molecule has 0 aliphatic rings. The first-order chi connectivity index (χ1) is 6.52. The van der Waals surface area contributed by atoms with Gasteiger partial charge >= 0.3 is 0 Å². The van der Waals surface area contributed by atoms with E-state index in [-0.39, 0.29) is 6.04 Å². The molecule has 0 aromatic heterocycles. The Morgan fingerprint density at radius 3 is 2.57 bits per heavy atom. The average molecular weight is 196 g/mol. The highest BCUT2D eigenvalue weighted by atomic mass is 19.1. The summed E-state index contributed by atoms with van der Waals surface area (Å²) in [5, 5.41) is 10.7. The molecule has 76 valence electrons. The molecule has 0 unspecified atom stereocenters. The standard InChI is InChI=1S/C10H12FNO2/c1-7(2)12(10(13)14)9-5-3-4-8(11)6-9/h3-7H,1-2H3,(H,13,14)/p-1. The van der Waals surface area contributed by atoms with E-state index in [2.05, 4.69) is 0 Å². The van der Waals surface area contributed by atoms with Crippen molar-refractivity contribution in [2.24, 2.45) is 0 Å². The number of rotatable bonds is 2. The number of amides is 1. The van der Waals surface area contributed by atoms with Crippen LogP contribution in [0.5, 0.6) is 0 Å². The zero-order valence-corrected chi connectivity index (χ0v) is 8.03. The van der Waals surface area contributed by atoms with Crippen LogP contribution >= 0.6 is 0 Å². The number of hydrogen-bond donors (Lipinski definition) is 0. The molecule has 14 heavy (non-hydrogen) atoms. The van der Waals surface area contributed by atoms with Gasteiger partial charge in [0.05, 0.1) is 0 Å². The van der Waals surface area contributed by atoms with Crippen LogP contribution < -0.4 is 10.0 Å². The van der Waals surface area contributed by atoms with E-state index in [1.165, 1.54) is 18.2 Å². The molecule has 0 saturated carbocycles. The van der Waals surface area contributed by atoms with Gasteiger partial charge in [0.1, 0.15) is 11.9 Å². The van der Waals surface area contributed by atoms with Gasteiger partial charge < -0.3 is 14.8 Å². The number of nitrogens with zero attached hydrogens (tertiary/aromatic N) is 1. The minimum Gasteiger partial charge on any atom is -0.530 e. The zero-order valence-electron chi connectivity index (χ0n) is 8.03. The molecule has 1 rings (SSSR count). The van der Waals surface area contributed by atoms with E-state index in [1.54, 1.807) is 13.8 Å². The van der Waals surface area contributed by atoms with Crippen molar-refractivity contribution in [3.63, 3.8) is 0 Å². The minimum absolute atomic E-state index is 0.276. The van der Waals surface area contributed by atoms with E-state index in [0.717, 1.165) is 11.0 Å². The molecule has 0 aliphatic carbocycles. The van der Waals surface area contributed by atoms with Crippen molar-refractivity contribution >= 4 is 11.8 Å². The molecule has 0 fully saturated rings. The molecule has 1 amide bonds. The van der Waals surface area contributed by atoms with E-state index in [1.807, 2.05) is 0 Å². The van der Waals surface area contributed by atoms with Gasteiger partial charge in [0.25, 0.3) is 0 Å². The lowest BCUT2D eigenvalue weighted by atomic mass is 10.2. The van der Waals surface area contributed by atoms with Gasteiger partial charge in [-0.25, -0.2) is 4.39 Å². The van der Waals surface area contributed by atoms with Crippen molar-refractivity contribution < 1.29 is 14.3 Å². The fourth-order valence-corrected chi connectivity index (χ4v) is 1.24. The van der Waals surface area contributed by atoms with Crippen molar-refractivity contribution in [1.82, 2.24) is 0 Å². The van der Waals surface area contributed by atoms with E-state index >= 15 is 0 Å². The van der Waals surface area contributed by atoms with Crippen LogP contribution in [0.1, 0.15) is 13.8 Å². The summed E-state index contributed by atoms with van der Waals surface area (Å²) in [7, 11) is 0. The number of halogens is 1. The van der Waals surface area contributed by atoms with Crippen molar-refractivity contribution in [3.8, 4) is 0 Å². The first-order valence-electron chi connectivity index (χ1n) is 4.28. The summed E-state index contributed by atoms with van der Waals surface area (Å²) in [6, 6.07) is 5.14. The number of benzene rings is 1. The van der Waals surface area contributed by atoms with Gasteiger partial charge in [0, 0.05) is 11.7 Å². The van der Waals surface area contributed by atoms with Gasteiger partial charge in [-0.1, -0.05) is 6.07 Å². The Kier molecular flexibility index (Phi) is 3.06. The molecular weight excluding hydrogens is 185 g/mol. The Labute approximate surface area is 81.8 Å².